The van der Waals surface area contributed by atoms with Gasteiger partial charge in [-0.05, 0) is 44.3 Å². The van der Waals surface area contributed by atoms with Crippen LogP contribution in [0.2, 0.25) is 0 Å². The molecule has 18 heavy (non-hydrogen) atoms. The number of rotatable bonds is 6. The number of carbonyl (C=O) groups is 1. The predicted octanol–water partition coefficient (Wildman–Crippen LogP) is 3.34. The normalized spacial score (nSPS) is 12.5. The van der Waals surface area contributed by atoms with Crippen molar-refractivity contribution in [1.82, 2.24) is 4.90 Å². The van der Waals surface area contributed by atoms with E-state index < -0.39 is 0 Å². The van der Waals surface area contributed by atoms with Gasteiger partial charge in [0.05, 0.1) is 5.56 Å². The van der Waals surface area contributed by atoms with Crippen molar-refractivity contribution in [3.63, 3.8) is 0 Å². The average molecular weight is 314 g/mol. The lowest BCUT2D eigenvalue weighted by atomic mass is 10.2. The fourth-order valence-electron chi connectivity index (χ4n) is 1.72. The van der Waals surface area contributed by atoms with Crippen LogP contribution in [0.15, 0.2) is 28.7 Å². The molecule has 0 radical (unpaired) electrons. The van der Waals surface area contributed by atoms with Crippen molar-refractivity contribution in [1.29, 1.82) is 0 Å². The molecule has 1 aromatic carbocycles. The van der Waals surface area contributed by atoms with E-state index >= 15 is 0 Å². The largest absolute Gasteiger partial charge is 0.458 e. The van der Waals surface area contributed by atoms with Crippen LogP contribution in [0.1, 0.15) is 31.1 Å². The molecule has 1 aromatic rings. The lowest BCUT2D eigenvalue weighted by molar-refractivity contribution is 0.0260. The van der Waals surface area contributed by atoms with Crippen molar-refractivity contribution in [2.24, 2.45) is 0 Å². The molecule has 0 aliphatic carbocycles. The van der Waals surface area contributed by atoms with Crippen molar-refractivity contribution in [3.05, 3.63) is 34.3 Å². The standard InChI is InChI=1S/C14H20BrNO2/c1-4-16(5-2)10-11(3)18-14(17)12-6-8-13(15)9-7-12/h6-9,11H,4-5,10H2,1-3H3. The fourth-order valence-corrected chi connectivity index (χ4v) is 1.98. The number of carbonyl (C=O) groups excluding carboxylic acids is 1. The Bertz CT molecular complexity index is 374. The van der Waals surface area contributed by atoms with Crippen LogP contribution in [-0.4, -0.2) is 36.6 Å². The minimum absolute atomic E-state index is 0.0963. The third-order valence-corrected chi connectivity index (χ3v) is 3.33. The minimum atomic E-state index is -0.262. The molecule has 0 aromatic heterocycles. The number of nitrogens with zero attached hydrogens (tertiary/aromatic N) is 1. The molecular weight excluding hydrogens is 294 g/mol. The Labute approximate surface area is 117 Å². The van der Waals surface area contributed by atoms with Gasteiger partial charge in [0.15, 0.2) is 0 Å². The molecule has 1 unspecified atom stereocenters. The maximum Gasteiger partial charge on any atom is 0.338 e. The highest BCUT2D eigenvalue weighted by Gasteiger charge is 2.13. The Morgan fingerprint density at radius 1 is 1.28 bits per heavy atom. The van der Waals surface area contributed by atoms with Gasteiger partial charge in [-0.3, -0.25) is 0 Å². The molecule has 0 saturated carbocycles. The van der Waals surface area contributed by atoms with Crippen LogP contribution < -0.4 is 0 Å². The highest BCUT2D eigenvalue weighted by molar-refractivity contribution is 9.10. The number of likely N-dealkylation sites (N-methyl/N-ethyl adjacent to an activating group) is 1. The van der Waals surface area contributed by atoms with Gasteiger partial charge in [-0.25, -0.2) is 4.79 Å². The first-order valence-corrected chi connectivity index (χ1v) is 7.05. The molecule has 0 aliphatic rings. The van der Waals surface area contributed by atoms with Crippen LogP contribution in [0.5, 0.6) is 0 Å². The molecule has 1 atom stereocenters. The zero-order valence-electron chi connectivity index (χ0n) is 11.1. The molecule has 0 fully saturated rings. The number of ether oxygens (including phenoxy) is 1. The second kappa shape index (κ2) is 7.54. The predicted molar refractivity (Wildman–Crippen MR) is 76.8 cm³/mol. The zero-order chi connectivity index (χ0) is 13.5. The maximum atomic E-state index is 11.9. The Kier molecular flexibility index (Phi) is 6.36. The summed E-state index contributed by atoms with van der Waals surface area (Å²) in [4.78, 5) is 14.1. The lowest BCUT2D eigenvalue weighted by Crippen LogP contribution is -2.33. The van der Waals surface area contributed by atoms with Crippen LogP contribution in [0.4, 0.5) is 0 Å². The van der Waals surface area contributed by atoms with E-state index in [0.717, 1.165) is 24.1 Å². The van der Waals surface area contributed by atoms with E-state index in [2.05, 4.69) is 34.7 Å². The molecule has 100 valence electrons. The molecule has 0 bridgehead atoms. The first-order chi connectivity index (χ1) is 8.56. The summed E-state index contributed by atoms with van der Waals surface area (Å²) in [5.74, 6) is -0.262. The van der Waals surface area contributed by atoms with Gasteiger partial charge >= 0.3 is 5.97 Å². The first-order valence-electron chi connectivity index (χ1n) is 6.25. The number of benzene rings is 1. The highest BCUT2D eigenvalue weighted by atomic mass is 79.9. The smallest absolute Gasteiger partial charge is 0.338 e. The van der Waals surface area contributed by atoms with E-state index in [1.165, 1.54) is 0 Å². The number of hydrogen-bond acceptors (Lipinski definition) is 3. The monoisotopic (exact) mass is 313 g/mol. The molecule has 0 heterocycles. The van der Waals surface area contributed by atoms with E-state index in [1.54, 1.807) is 12.1 Å². The SMILES string of the molecule is CCN(CC)CC(C)OC(=O)c1ccc(Br)cc1. The van der Waals surface area contributed by atoms with Crippen LogP contribution in [0.3, 0.4) is 0 Å². The topological polar surface area (TPSA) is 29.5 Å². The van der Waals surface area contributed by atoms with Crippen molar-refractivity contribution in [3.8, 4) is 0 Å². The first kappa shape index (κ1) is 15.2. The lowest BCUT2D eigenvalue weighted by Gasteiger charge is -2.22. The van der Waals surface area contributed by atoms with E-state index in [4.69, 9.17) is 4.74 Å². The third kappa shape index (κ3) is 4.78. The molecule has 0 saturated heterocycles. The number of esters is 1. The quantitative estimate of drug-likeness (QED) is 0.754. The number of halogens is 1. The summed E-state index contributed by atoms with van der Waals surface area (Å²) in [6.45, 7) is 8.84. The van der Waals surface area contributed by atoms with E-state index in [-0.39, 0.29) is 12.1 Å². The molecule has 0 N–H and O–H groups in total. The fraction of sp³-hybridized carbons (Fsp3) is 0.500. The maximum absolute atomic E-state index is 11.9. The molecule has 3 nitrogen and oxygen atoms in total. The van der Waals surface area contributed by atoms with E-state index in [9.17, 15) is 4.79 Å². The second-order valence-corrected chi connectivity index (χ2v) is 5.12. The van der Waals surface area contributed by atoms with Crippen molar-refractivity contribution in [2.75, 3.05) is 19.6 Å². The summed E-state index contributed by atoms with van der Waals surface area (Å²) < 4.78 is 6.37. The zero-order valence-corrected chi connectivity index (χ0v) is 12.7. The average Bonchev–Trinajstić information content (AvgIpc) is 2.36. The number of hydrogen-bond donors (Lipinski definition) is 0. The van der Waals surface area contributed by atoms with Crippen LogP contribution in [0.25, 0.3) is 0 Å². The molecule has 4 heteroatoms. The van der Waals surface area contributed by atoms with Crippen LogP contribution in [0, 0.1) is 0 Å². The molecular formula is C14H20BrNO2. The van der Waals surface area contributed by atoms with Crippen molar-refractivity contribution in [2.45, 2.75) is 26.9 Å². The van der Waals surface area contributed by atoms with Gasteiger partial charge in [0.1, 0.15) is 6.10 Å². The van der Waals surface area contributed by atoms with Gasteiger partial charge in [0, 0.05) is 11.0 Å². The van der Waals surface area contributed by atoms with E-state index in [0.29, 0.717) is 5.56 Å². The second-order valence-electron chi connectivity index (χ2n) is 4.21. The Morgan fingerprint density at radius 3 is 2.33 bits per heavy atom. The van der Waals surface area contributed by atoms with Gasteiger partial charge < -0.3 is 9.64 Å². The summed E-state index contributed by atoms with van der Waals surface area (Å²) >= 11 is 3.34. The van der Waals surface area contributed by atoms with Gasteiger partial charge in [-0.2, -0.15) is 0 Å². The summed E-state index contributed by atoms with van der Waals surface area (Å²) in [6, 6.07) is 7.20. The molecule has 1 rings (SSSR count). The Hall–Kier alpha value is -0.870. The van der Waals surface area contributed by atoms with Crippen LogP contribution >= 0.6 is 15.9 Å². The van der Waals surface area contributed by atoms with Gasteiger partial charge in [-0.15, -0.1) is 0 Å². The summed E-state index contributed by atoms with van der Waals surface area (Å²) in [7, 11) is 0. The summed E-state index contributed by atoms with van der Waals surface area (Å²) in [5.41, 5.74) is 0.588. The summed E-state index contributed by atoms with van der Waals surface area (Å²) in [5, 5.41) is 0. The minimum Gasteiger partial charge on any atom is -0.458 e. The summed E-state index contributed by atoms with van der Waals surface area (Å²) in [6.07, 6.45) is -0.0963. The Morgan fingerprint density at radius 2 is 1.83 bits per heavy atom. The molecule has 0 aliphatic heterocycles. The highest BCUT2D eigenvalue weighted by Crippen LogP contribution is 2.12. The third-order valence-electron chi connectivity index (χ3n) is 2.80. The van der Waals surface area contributed by atoms with E-state index in [1.807, 2.05) is 19.1 Å². The Balaban J connectivity index is 2.51. The van der Waals surface area contributed by atoms with Gasteiger partial charge in [0.25, 0.3) is 0 Å². The van der Waals surface area contributed by atoms with Gasteiger partial charge in [0.2, 0.25) is 0 Å². The van der Waals surface area contributed by atoms with Crippen molar-refractivity contribution < 1.29 is 9.53 Å². The molecule has 0 amide bonds. The van der Waals surface area contributed by atoms with Crippen molar-refractivity contribution >= 4 is 21.9 Å². The van der Waals surface area contributed by atoms with Gasteiger partial charge in [-0.1, -0.05) is 29.8 Å². The van der Waals surface area contributed by atoms with Crippen LogP contribution in [-0.2, 0) is 4.74 Å². The molecule has 0 spiro atoms.